The molecule has 0 saturated carbocycles. The maximum absolute atomic E-state index is 12.9. The van der Waals surface area contributed by atoms with E-state index in [-0.39, 0.29) is 5.02 Å². The molecule has 0 amide bonds. The Labute approximate surface area is 123 Å². The normalized spacial score (nSPS) is 14.0. The van der Waals surface area contributed by atoms with E-state index >= 15 is 0 Å². The summed E-state index contributed by atoms with van der Waals surface area (Å²) < 4.78 is 64.4. The first kappa shape index (κ1) is 17.7. The molecule has 0 aliphatic heterocycles. The smallest absolute Gasteiger partial charge is 0.417 e. The van der Waals surface area contributed by atoms with Gasteiger partial charge in [0.05, 0.1) is 16.9 Å². The van der Waals surface area contributed by atoms with E-state index in [4.69, 9.17) is 16.7 Å². The van der Waals surface area contributed by atoms with E-state index in [0.717, 1.165) is 12.1 Å². The molecule has 2 N–H and O–H groups in total. The van der Waals surface area contributed by atoms with Crippen LogP contribution in [-0.2, 0) is 21.0 Å². The summed E-state index contributed by atoms with van der Waals surface area (Å²) in [4.78, 5) is 9.47. The highest BCUT2D eigenvalue weighted by Gasteiger charge is 2.37. The first-order valence-electron chi connectivity index (χ1n) is 5.54. The van der Waals surface area contributed by atoms with Gasteiger partial charge in [-0.2, -0.15) is 13.2 Å². The summed E-state index contributed by atoms with van der Waals surface area (Å²) >= 11 is 5.45. The number of carboxylic acids is 1. The summed E-state index contributed by atoms with van der Waals surface area (Å²) in [5, 5.41) is 8.28. The third-order valence-electron chi connectivity index (χ3n) is 2.37. The monoisotopic (exact) mass is 345 g/mol. The molecule has 1 atom stereocenters. The number of hydrogen-bond donors (Lipinski definition) is 2. The van der Waals surface area contributed by atoms with Crippen LogP contribution in [0.25, 0.3) is 0 Å². The Bertz CT molecular complexity index is 645. The fourth-order valence-electron chi connectivity index (χ4n) is 1.59. The van der Waals surface area contributed by atoms with Crippen molar-refractivity contribution in [3.05, 3.63) is 28.8 Å². The lowest BCUT2D eigenvalue weighted by Gasteiger charge is -2.16. The Kier molecular flexibility index (Phi) is 5.24. The SMILES string of the molecule is CC(CC(=O)O)NS(=O)(=O)c1ccc(Cl)cc1C(F)(F)F. The van der Waals surface area contributed by atoms with Crippen LogP contribution in [0.1, 0.15) is 18.9 Å². The quantitative estimate of drug-likeness (QED) is 0.859. The van der Waals surface area contributed by atoms with Crippen LogP contribution in [0.4, 0.5) is 13.2 Å². The molecule has 1 unspecified atom stereocenters. The van der Waals surface area contributed by atoms with E-state index in [1.165, 1.54) is 6.92 Å². The molecular weight excluding hydrogens is 335 g/mol. The van der Waals surface area contributed by atoms with Crippen molar-refractivity contribution >= 4 is 27.6 Å². The fourth-order valence-corrected chi connectivity index (χ4v) is 3.21. The van der Waals surface area contributed by atoms with E-state index in [1.807, 2.05) is 4.72 Å². The predicted octanol–water partition coefficient (Wildman–Crippen LogP) is 2.50. The van der Waals surface area contributed by atoms with Gasteiger partial charge in [0.1, 0.15) is 0 Å². The van der Waals surface area contributed by atoms with Gasteiger partial charge in [-0.3, -0.25) is 4.79 Å². The van der Waals surface area contributed by atoms with Gasteiger partial charge in [0.2, 0.25) is 10.0 Å². The molecule has 0 bridgehead atoms. The van der Waals surface area contributed by atoms with E-state index in [2.05, 4.69) is 0 Å². The minimum Gasteiger partial charge on any atom is -0.481 e. The number of benzene rings is 1. The van der Waals surface area contributed by atoms with Crippen molar-refractivity contribution in [3.63, 3.8) is 0 Å². The van der Waals surface area contributed by atoms with Crippen molar-refractivity contribution in [1.82, 2.24) is 4.72 Å². The lowest BCUT2D eigenvalue weighted by molar-refractivity contribution is -0.140. The van der Waals surface area contributed by atoms with Gasteiger partial charge < -0.3 is 5.11 Å². The topological polar surface area (TPSA) is 83.5 Å². The first-order valence-corrected chi connectivity index (χ1v) is 7.40. The van der Waals surface area contributed by atoms with Crippen LogP contribution in [0.3, 0.4) is 0 Å². The highest BCUT2D eigenvalue weighted by atomic mass is 35.5. The standard InChI is InChI=1S/C11H11ClF3NO4S/c1-6(4-10(17)18)16-21(19,20)9-3-2-7(12)5-8(9)11(13,14)15/h2-3,5-6,16H,4H2,1H3,(H,17,18). The second-order valence-electron chi connectivity index (χ2n) is 4.26. The summed E-state index contributed by atoms with van der Waals surface area (Å²) in [6, 6.07) is 1.16. The molecule has 10 heteroatoms. The van der Waals surface area contributed by atoms with Crippen molar-refractivity contribution in [1.29, 1.82) is 0 Å². The van der Waals surface area contributed by atoms with Crippen LogP contribution < -0.4 is 4.72 Å². The van der Waals surface area contributed by atoms with Gasteiger partial charge in [-0.1, -0.05) is 11.6 Å². The molecule has 0 aromatic heterocycles. The number of alkyl halides is 3. The molecule has 0 saturated heterocycles. The molecular formula is C11H11ClF3NO4S. The summed E-state index contributed by atoms with van der Waals surface area (Å²) in [5.74, 6) is -1.28. The second kappa shape index (κ2) is 6.20. The van der Waals surface area contributed by atoms with E-state index in [9.17, 15) is 26.4 Å². The number of aliphatic carboxylic acids is 1. The van der Waals surface area contributed by atoms with Gasteiger partial charge >= 0.3 is 12.1 Å². The van der Waals surface area contributed by atoms with E-state index in [1.54, 1.807) is 0 Å². The maximum atomic E-state index is 12.9. The lowest BCUT2D eigenvalue weighted by Crippen LogP contribution is -2.35. The Hall–Kier alpha value is -1.32. The van der Waals surface area contributed by atoms with Crippen LogP contribution in [0.2, 0.25) is 5.02 Å². The molecule has 1 rings (SSSR count). The maximum Gasteiger partial charge on any atom is 0.417 e. The summed E-state index contributed by atoms with van der Waals surface area (Å²) in [6.45, 7) is 1.23. The number of halogens is 4. The predicted molar refractivity (Wildman–Crippen MR) is 68.5 cm³/mol. The number of nitrogens with one attached hydrogen (secondary N) is 1. The summed E-state index contributed by atoms with van der Waals surface area (Å²) in [7, 11) is -4.53. The Morgan fingerprint density at radius 3 is 2.48 bits per heavy atom. The Balaban J connectivity index is 3.23. The zero-order valence-electron chi connectivity index (χ0n) is 10.6. The van der Waals surface area contributed by atoms with Gasteiger partial charge in [-0.05, 0) is 25.1 Å². The average molecular weight is 346 g/mol. The Morgan fingerprint density at radius 1 is 1.43 bits per heavy atom. The van der Waals surface area contributed by atoms with E-state index < -0.39 is 45.1 Å². The van der Waals surface area contributed by atoms with Crippen molar-refractivity contribution in [3.8, 4) is 0 Å². The van der Waals surface area contributed by atoms with Gasteiger partial charge in [0, 0.05) is 11.1 Å². The zero-order chi connectivity index (χ0) is 16.4. The van der Waals surface area contributed by atoms with Crippen LogP contribution in [0.5, 0.6) is 0 Å². The van der Waals surface area contributed by atoms with Crippen molar-refractivity contribution < 1.29 is 31.5 Å². The Morgan fingerprint density at radius 2 is 2.00 bits per heavy atom. The zero-order valence-corrected chi connectivity index (χ0v) is 12.2. The summed E-state index contributed by atoms with van der Waals surface area (Å²) in [6.07, 6.45) is -5.47. The molecule has 118 valence electrons. The molecule has 0 fully saturated rings. The molecule has 1 aromatic rings. The van der Waals surface area contributed by atoms with Gasteiger partial charge in [0.25, 0.3) is 0 Å². The first-order chi connectivity index (χ1) is 9.43. The number of carboxylic acid groups (broad SMARTS) is 1. The highest BCUT2D eigenvalue weighted by Crippen LogP contribution is 2.35. The number of rotatable bonds is 5. The molecule has 1 aromatic carbocycles. The van der Waals surface area contributed by atoms with Crippen LogP contribution >= 0.6 is 11.6 Å². The third kappa shape index (κ3) is 4.87. The van der Waals surface area contributed by atoms with Gasteiger partial charge in [-0.25, -0.2) is 13.1 Å². The molecule has 0 heterocycles. The molecule has 0 aliphatic carbocycles. The fraction of sp³-hybridized carbons (Fsp3) is 0.364. The third-order valence-corrected chi connectivity index (χ3v) is 4.26. The molecule has 0 aliphatic rings. The minimum absolute atomic E-state index is 0.264. The molecule has 5 nitrogen and oxygen atoms in total. The number of carbonyl (C=O) groups is 1. The molecule has 0 radical (unpaired) electrons. The highest BCUT2D eigenvalue weighted by molar-refractivity contribution is 7.89. The van der Waals surface area contributed by atoms with Gasteiger partial charge in [0.15, 0.2) is 0 Å². The van der Waals surface area contributed by atoms with Crippen molar-refractivity contribution in [2.45, 2.75) is 30.5 Å². The summed E-state index contributed by atoms with van der Waals surface area (Å²) in [5.41, 5.74) is -1.41. The molecule has 21 heavy (non-hydrogen) atoms. The second-order valence-corrected chi connectivity index (χ2v) is 6.38. The van der Waals surface area contributed by atoms with Crippen molar-refractivity contribution in [2.24, 2.45) is 0 Å². The number of hydrogen-bond acceptors (Lipinski definition) is 3. The van der Waals surface area contributed by atoms with Crippen molar-refractivity contribution in [2.75, 3.05) is 0 Å². The van der Waals surface area contributed by atoms with Crippen LogP contribution in [0, 0.1) is 0 Å². The van der Waals surface area contributed by atoms with Crippen LogP contribution in [-0.4, -0.2) is 25.5 Å². The molecule has 0 spiro atoms. The minimum atomic E-state index is -4.91. The average Bonchev–Trinajstić information content (AvgIpc) is 2.24. The lowest BCUT2D eigenvalue weighted by atomic mass is 10.2. The number of sulfonamides is 1. The largest absolute Gasteiger partial charge is 0.481 e. The van der Waals surface area contributed by atoms with Crippen LogP contribution in [0.15, 0.2) is 23.1 Å². The van der Waals surface area contributed by atoms with Gasteiger partial charge in [-0.15, -0.1) is 0 Å². The van der Waals surface area contributed by atoms with E-state index in [0.29, 0.717) is 6.07 Å².